The minimum absolute atomic E-state index is 0.0391. The van der Waals surface area contributed by atoms with Crippen molar-refractivity contribution in [1.82, 2.24) is 20.8 Å². The van der Waals surface area contributed by atoms with Crippen molar-refractivity contribution in [2.45, 2.75) is 37.8 Å². The van der Waals surface area contributed by atoms with E-state index < -0.39 is 0 Å². The van der Waals surface area contributed by atoms with E-state index in [1.807, 2.05) is 36.5 Å². The molecule has 2 aliphatic rings. The molecular formula is C18H21N5O2. The number of carbonyl (C=O) groups excluding carboxylic acids is 2. The lowest BCUT2D eigenvalue weighted by Crippen LogP contribution is -2.48. The molecule has 2 heterocycles. The maximum atomic E-state index is 12.3. The van der Waals surface area contributed by atoms with E-state index in [0.717, 1.165) is 24.9 Å². The Morgan fingerprint density at radius 3 is 2.80 bits per heavy atom. The Hall–Kier alpha value is -2.83. The Morgan fingerprint density at radius 1 is 1.16 bits per heavy atom. The number of benzene rings is 1. The highest BCUT2D eigenvalue weighted by Gasteiger charge is 2.32. The van der Waals surface area contributed by atoms with E-state index in [1.165, 1.54) is 11.3 Å². The highest BCUT2D eigenvalue weighted by atomic mass is 16.2. The van der Waals surface area contributed by atoms with E-state index in [0.29, 0.717) is 13.0 Å². The van der Waals surface area contributed by atoms with Gasteiger partial charge in [-0.25, -0.2) is 4.79 Å². The second-order valence-electron chi connectivity index (χ2n) is 6.67. The van der Waals surface area contributed by atoms with Gasteiger partial charge in [-0.1, -0.05) is 18.2 Å². The first kappa shape index (κ1) is 15.7. The number of hydrogen-bond donors (Lipinski definition) is 3. The first-order valence-electron chi connectivity index (χ1n) is 8.62. The minimum Gasteiger partial charge on any atom is -0.335 e. The maximum absolute atomic E-state index is 12.3. The molecule has 7 heteroatoms. The highest BCUT2D eigenvalue weighted by molar-refractivity contribution is 5.96. The number of nitrogens with one attached hydrogen (secondary N) is 3. The summed E-state index contributed by atoms with van der Waals surface area (Å²) in [5.74, 6) is 0.0391. The van der Waals surface area contributed by atoms with Crippen LogP contribution in [-0.4, -0.2) is 40.8 Å². The Bertz CT molecular complexity index is 773. The molecule has 0 unspecified atom stereocenters. The molecule has 2 aromatic rings. The van der Waals surface area contributed by atoms with Gasteiger partial charge in [0.15, 0.2) is 0 Å². The van der Waals surface area contributed by atoms with Gasteiger partial charge < -0.3 is 15.5 Å². The molecule has 0 spiro atoms. The number of urea groups is 1. The fourth-order valence-electron chi connectivity index (χ4n) is 3.61. The van der Waals surface area contributed by atoms with Crippen LogP contribution in [0.5, 0.6) is 0 Å². The number of anilines is 1. The molecule has 1 aromatic heterocycles. The summed E-state index contributed by atoms with van der Waals surface area (Å²) in [5.41, 5.74) is 3.21. The van der Waals surface area contributed by atoms with Gasteiger partial charge in [0.1, 0.15) is 0 Å². The Kier molecular flexibility index (Phi) is 4.13. The molecule has 3 amide bonds. The fourth-order valence-corrected chi connectivity index (χ4v) is 3.61. The third-order valence-corrected chi connectivity index (χ3v) is 4.88. The third kappa shape index (κ3) is 3.35. The van der Waals surface area contributed by atoms with Crippen LogP contribution in [0.1, 0.15) is 24.1 Å². The molecule has 25 heavy (non-hydrogen) atoms. The van der Waals surface area contributed by atoms with E-state index in [9.17, 15) is 9.59 Å². The van der Waals surface area contributed by atoms with Gasteiger partial charge in [-0.05, 0) is 37.0 Å². The Morgan fingerprint density at radius 2 is 1.96 bits per heavy atom. The second-order valence-corrected chi connectivity index (χ2v) is 6.67. The molecule has 1 aromatic carbocycles. The first-order valence-corrected chi connectivity index (χ1v) is 8.62. The zero-order chi connectivity index (χ0) is 17.2. The topological polar surface area (TPSA) is 90.1 Å². The minimum atomic E-state index is -0.204. The van der Waals surface area contributed by atoms with Gasteiger partial charge in [0.05, 0.1) is 12.2 Å². The number of aromatic amines is 1. The summed E-state index contributed by atoms with van der Waals surface area (Å²) in [6, 6.07) is 9.28. The number of amides is 3. The summed E-state index contributed by atoms with van der Waals surface area (Å²) < 4.78 is 0. The molecule has 7 nitrogen and oxygen atoms in total. The molecule has 1 saturated heterocycles. The van der Waals surface area contributed by atoms with E-state index in [4.69, 9.17) is 0 Å². The highest BCUT2D eigenvalue weighted by Crippen LogP contribution is 2.21. The monoisotopic (exact) mass is 339 g/mol. The summed E-state index contributed by atoms with van der Waals surface area (Å²) in [4.78, 5) is 26.2. The van der Waals surface area contributed by atoms with Crippen molar-refractivity contribution < 1.29 is 9.59 Å². The van der Waals surface area contributed by atoms with Gasteiger partial charge in [-0.2, -0.15) is 5.10 Å². The van der Waals surface area contributed by atoms with Gasteiger partial charge >= 0.3 is 6.03 Å². The number of fused-ring (bicyclic) bond motifs is 1. The predicted molar refractivity (Wildman–Crippen MR) is 93.3 cm³/mol. The van der Waals surface area contributed by atoms with Gasteiger partial charge in [0.2, 0.25) is 5.91 Å². The lowest BCUT2D eigenvalue weighted by Gasteiger charge is -2.24. The molecule has 3 N–H and O–H groups in total. The largest absolute Gasteiger partial charge is 0.335 e. The second kappa shape index (κ2) is 6.58. The number of para-hydroxylation sites is 1. The van der Waals surface area contributed by atoms with Crippen molar-refractivity contribution in [2.24, 2.45) is 0 Å². The van der Waals surface area contributed by atoms with Crippen LogP contribution in [-0.2, 0) is 17.6 Å². The van der Waals surface area contributed by atoms with Crippen LogP contribution in [0, 0.1) is 0 Å². The van der Waals surface area contributed by atoms with E-state index in [1.54, 1.807) is 4.90 Å². The molecule has 0 radical (unpaired) electrons. The summed E-state index contributed by atoms with van der Waals surface area (Å²) in [5, 5.41) is 13.0. The smallest absolute Gasteiger partial charge is 0.315 e. The lowest BCUT2D eigenvalue weighted by atomic mass is 9.94. The van der Waals surface area contributed by atoms with Crippen molar-refractivity contribution in [3.05, 3.63) is 47.8 Å². The predicted octanol–water partition coefficient (Wildman–Crippen LogP) is 1.37. The first-order chi connectivity index (χ1) is 12.2. The van der Waals surface area contributed by atoms with Crippen molar-refractivity contribution in [3.63, 3.8) is 0 Å². The van der Waals surface area contributed by atoms with Crippen LogP contribution in [0.25, 0.3) is 0 Å². The summed E-state index contributed by atoms with van der Waals surface area (Å²) in [7, 11) is 0. The van der Waals surface area contributed by atoms with Crippen LogP contribution < -0.4 is 15.5 Å². The van der Waals surface area contributed by atoms with Crippen molar-refractivity contribution >= 4 is 17.6 Å². The van der Waals surface area contributed by atoms with Gasteiger partial charge in [-0.15, -0.1) is 0 Å². The van der Waals surface area contributed by atoms with Gasteiger partial charge in [0, 0.05) is 30.4 Å². The number of rotatable bonds is 3. The Labute approximate surface area is 145 Å². The summed E-state index contributed by atoms with van der Waals surface area (Å²) >= 11 is 0. The normalized spacial score (nSPS) is 22.6. The zero-order valence-corrected chi connectivity index (χ0v) is 13.9. The quantitative estimate of drug-likeness (QED) is 0.789. The molecule has 1 fully saturated rings. The molecule has 0 bridgehead atoms. The lowest BCUT2D eigenvalue weighted by molar-refractivity contribution is -0.117. The third-order valence-electron chi connectivity index (χ3n) is 4.88. The standard InChI is InChI=1S/C18H21N5O2/c24-17-9-14(11-23(17)15-4-2-1-3-5-15)21-18(25)20-13-6-7-16-12(8-13)10-19-22-16/h1-5,10,13-14H,6-9,11H2,(H,19,22)(H2,20,21,25)/t13-,14-/m0/s1. The number of aryl methyl sites for hydroxylation is 1. The van der Waals surface area contributed by atoms with E-state index >= 15 is 0 Å². The number of aromatic nitrogens is 2. The van der Waals surface area contributed by atoms with Crippen molar-refractivity contribution in [3.8, 4) is 0 Å². The average Bonchev–Trinajstić information content (AvgIpc) is 3.21. The van der Waals surface area contributed by atoms with E-state index in [2.05, 4.69) is 20.8 Å². The van der Waals surface area contributed by atoms with Crippen LogP contribution in [0.3, 0.4) is 0 Å². The Balaban J connectivity index is 1.31. The fraction of sp³-hybridized carbons (Fsp3) is 0.389. The maximum Gasteiger partial charge on any atom is 0.315 e. The van der Waals surface area contributed by atoms with Crippen LogP contribution in [0.2, 0.25) is 0 Å². The zero-order valence-electron chi connectivity index (χ0n) is 13.9. The average molecular weight is 339 g/mol. The molecule has 1 aliphatic heterocycles. The summed E-state index contributed by atoms with van der Waals surface area (Å²) in [6.45, 7) is 0.507. The number of H-pyrrole nitrogens is 1. The van der Waals surface area contributed by atoms with Crippen molar-refractivity contribution in [2.75, 3.05) is 11.4 Å². The van der Waals surface area contributed by atoms with E-state index in [-0.39, 0.29) is 24.0 Å². The SMILES string of the molecule is O=C(N[C@H]1CCc2[nH]ncc2C1)N[C@H]1CC(=O)N(c2ccccc2)C1. The molecule has 4 rings (SSSR count). The molecule has 130 valence electrons. The number of nitrogens with zero attached hydrogens (tertiary/aromatic N) is 2. The molecule has 1 aliphatic carbocycles. The summed E-state index contributed by atoms with van der Waals surface area (Å²) in [6.07, 6.45) is 4.73. The van der Waals surface area contributed by atoms with Crippen LogP contribution >= 0.6 is 0 Å². The molecule has 0 saturated carbocycles. The number of carbonyl (C=O) groups is 2. The molecule has 2 atom stereocenters. The van der Waals surface area contributed by atoms with Crippen molar-refractivity contribution in [1.29, 1.82) is 0 Å². The van der Waals surface area contributed by atoms with Gasteiger partial charge in [0.25, 0.3) is 0 Å². The van der Waals surface area contributed by atoms with Crippen LogP contribution in [0.4, 0.5) is 10.5 Å². The number of hydrogen-bond acceptors (Lipinski definition) is 3. The van der Waals surface area contributed by atoms with Gasteiger partial charge in [-0.3, -0.25) is 9.89 Å². The molecular weight excluding hydrogens is 318 g/mol. The van der Waals surface area contributed by atoms with Crippen LogP contribution in [0.15, 0.2) is 36.5 Å².